The Labute approximate surface area is 77.6 Å². The van der Waals surface area contributed by atoms with Gasteiger partial charge in [-0.15, -0.1) is 0 Å². The van der Waals surface area contributed by atoms with Crippen molar-refractivity contribution < 1.29 is 14.3 Å². The first-order valence-electron chi connectivity index (χ1n) is 4.10. The van der Waals surface area contributed by atoms with E-state index in [1.54, 1.807) is 20.8 Å². The lowest BCUT2D eigenvalue weighted by molar-refractivity contribution is -0.142. The van der Waals surface area contributed by atoms with E-state index in [9.17, 15) is 9.59 Å². The van der Waals surface area contributed by atoms with Crippen molar-refractivity contribution >= 4 is 11.9 Å². The molecule has 5 heteroatoms. The van der Waals surface area contributed by atoms with Crippen LogP contribution in [0.5, 0.6) is 0 Å². The molecule has 1 amide bonds. The predicted octanol–water partition coefficient (Wildman–Crippen LogP) is -0.597. The van der Waals surface area contributed by atoms with Crippen LogP contribution in [0.25, 0.3) is 0 Å². The molecule has 0 saturated carbocycles. The Kier molecular flexibility index (Phi) is 4.40. The lowest BCUT2D eigenvalue weighted by Crippen LogP contribution is -2.52. The topological polar surface area (TPSA) is 81.4 Å². The number of esters is 1. The fourth-order valence-electron chi connectivity index (χ4n) is 0.592. The van der Waals surface area contributed by atoms with E-state index in [0.29, 0.717) is 6.61 Å². The third kappa shape index (κ3) is 4.47. The van der Waals surface area contributed by atoms with Gasteiger partial charge < -0.3 is 10.5 Å². The van der Waals surface area contributed by atoms with Gasteiger partial charge in [-0.3, -0.25) is 14.9 Å². The van der Waals surface area contributed by atoms with Gasteiger partial charge in [0.1, 0.15) is 0 Å². The van der Waals surface area contributed by atoms with Gasteiger partial charge in [0.2, 0.25) is 5.91 Å². The smallest absolute Gasteiger partial charge is 0.319 e. The molecule has 5 nitrogen and oxygen atoms in total. The Morgan fingerprint density at radius 2 is 2.00 bits per heavy atom. The summed E-state index contributed by atoms with van der Waals surface area (Å²) in [5, 5.41) is 2.69. The van der Waals surface area contributed by atoms with Crippen molar-refractivity contribution in [3.8, 4) is 0 Å². The number of primary amides is 1. The summed E-state index contributed by atoms with van der Waals surface area (Å²) in [5.74, 6) is -0.895. The summed E-state index contributed by atoms with van der Waals surface area (Å²) in [7, 11) is 0. The van der Waals surface area contributed by atoms with Gasteiger partial charge in [-0.1, -0.05) is 0 Å². The molecule has 0 aliphatic heterocycles. The minimum atomic E-state index is -0.882. The summed E-state index contributed by atoms with van der Waals surface area (Å²) in [5.41, 5.74) is 4.19. The zero-order valence-corrected chi connectivity index (χ0v) is 8.22. The summed E-state index contributed by atoms with van der Waals surface area (Å²) in [6.07, 6.45) is 0. The maximum atomic E-state index is 10.9. The van der Waals surface area contributed by atoms with Crippen LogP contribution < -0.4 is 11.1 Å². The molecular formula is C8H16N2O3. The summed E-state index contributed by atoms with van der Waals surface area (Å²) < 4.78 is 4.66. The van der Waals surface area contributed by atoms with Crippen molar-refractivity contribution in [1.82, 2.24) is 5.32 Å². The average molecular weight is 188 g/mol. The summed E-state index contributed by atoms with van der Waals surface area (Å²) in [6.45, 7) is 5.25. The van der Waals surface area contributed by atoms with Crippen LogP contribution in [0.2, 0.25) is 0 Å². The highest BCUT2D eigenvalue weighted by Crippen LogP contribution is 1.98. The van der Waals surface area contributed by atoms with E-state index in [4.69, 9.17) is 5.73 Å². The number of nitrogens with two attached hydrogens (primary N) is 1. The van der Waals surface area contributed by atoms with Gasteiger partial charge in [0.25, 0.3) is 0 Å². The van der Waals surface area contributed by atoms with Crippen molar-refractivity contribution in [2.75, 3.05) is 13.2 Å². The first-order chi connectivity index (χ1) is 5.90. The van der Waals surface area contributed by atoms with Crippen LogP contribution in [0, 0.1) is 0 Å². The number of amides is 1. The van der Waals surface area contributed by atoms with E-state index in [-0.39, 0.29) is 6.54 Å². The average Bonchev–Trinajstić information content (AvgIpc) is 2.01. The van der Waals surface area contributed by atoms with Crippen LogP contribution in [-0.2, 0) is 14.3 Å². The zero-order valence-electron chi connectivity index (χ0n) is 8.22. The van der Waals surface area contributed by atoms with Gasteiger partial charge in [-0.05, 0) is 20.8 Å². The van der Waals surface area contributed by atoms with E-state index in [2.05, 4.69) is 10.1 Å². The van der Waals surface area contributed by atoms with Gasteiger partial charge in [0, 0.05) is 0 Å². The second kappa shape index (κ2) is 4.81. The van der Waals surface area contributed by atoms with Crippen molar-refractivity contribution in [2.24, 2.45) is 5.73 Å². The quantitative estimate of drug-likeness (QED) is 0.565. The lowest BCUT2D eigenvalue weighted by Gasteiger charge is -2.21. The van der Waals surface area contributed by atoms with Crippen LogP contribution in [-0.4, -0.2) is 30.6 Å². The van der Waals surface area contributed by atoms with Gasteiger partial charge in [0.15, 0.2) is 0 Å². The molecule has 0 aromatic carbocycles. The Hall–Kier alpha value is -1.10. The molecule has 76 valence electrons. The predicted molar refractivity (Wildman–Crippen MR) is 47.9 cm³/mol. The molecule has 0 heterocycles. The van der Waals surface area contributed by atoms with Gasteiger partial charge in [-0.25, -0.2) is 0 Å². The SMILES string of the molecule is CCOC(=O)CNC(C)(C)C(N)=O. The van der Waals surface area contributed by atoms with E-state index in [0.717, 1.165) is 0 Å². The number of hydrogen-bond donors (Lipinski definition) is 2. The number of carbonyl (C=O) groups excluding carboxylic acids is 2. The molecule has 0 atom stereocenters. The molecule has 0 unspecified atom stereocenters. The second-order valence-electron chi connectivity index (χ2n) is 3.15. The molecule has 0 aliphatic carbocycles. The second-order valence-corrected chi connectivity index (χ2v) is 3.15. The molecule has 0 aromatic heterocycles. The molecule has 0 bridgehead atoms. The van der Waals surface area contributed by atoms with Crippen LogP contribution in [0.4, 0.5) is 0 Å². The highest BCUT2D eigenvalue weighted by atomic mass is 16.5. The molecular weight excluding hydrogens is 172 g/mol. The number of ether oxygens (including phenoxy) is 1. The first kappa shape index (κ1) is 11.9. The number of rotatable bonds is 5. The molecule has 0 spiro atoms. The van der Waals surface area contributed by atoms with E-state index >= 15 is 0 Å². The molecule has 0 radical (unpaired) electrons. The van der Waals surface area contributed by atoms with E-state index < -0.39 is 17.4 Å². The van der Waals surface area contributed by atoms with E-state index in [1.807, 2.05) is 0 Å². The maximum absolute atomic E-state index is 10.9. The van der Waals surface area contributed by atoms with Gasteiger partial charge in [-0.2, -0.15) is 0 Å². The Bertz CT molecular complexity index is 202. The third-order valence-electron chi connectivity index (χ3n) is 1.60. The van der Waals surface area contributed by atoms with Gasteiger partial charge in [0.05, 0.1) is 18.7 Å². The molecule has 0 saturated heterocycles. The first-order valence-corrected chi connectivity index (χ1v) is 4.10. The fraction of sp³-hybridized carbons (Fsp3) is 0.750. The molecule has 3 N–H and O–H groups in total. The summed E-state index contributed by atoms with van der Waals surface area (Å²) >= 11 is 0. The molecule has 0 rings (SSSR count). The molecule has 0 fully saturated rings. The van der Waals surface area contributed by atoms with Crippen LogP contribution in [0.3, 0.4) is 0 Å². The largest absolute Gasteiger partial charge is 0.465 e. The number of nitrogens with one attached hydrogen (secondary N) is 1. The summed E-state index contributed by atoms with van der Waals surface area (Å²) in [4.78, 5) is 21.7. The maximum Gasteiger partial charge on any atom is 0.319 e. The van der Waals surface area contributed by atoms with Crippen molar-refractivity contribution in [3.63, 3.8) is 0 Å². The lowest BCUT2D eigenvalue weighted by atomic mass is 10.1. The summed E-state index contributed by atoms with van der Waals surface area (Å²) in [6, 6.07) is 0. The van der Waals surface area contributed by atoms with Crippen molar-refractivity contribution in [1.29, 1.82) is 0 Å². The normalized spacial score (nSPS) is 11.0. The third-order valence-corrected chi connectivity index (χ3v) is 1.60. The molecule has 0 aliphatic rings. The highest BCUT2D eigenvalue weighted by Gasteiger charge is 2.24. The van der Waals surface area contributed by atoms with Crippen LogP contribution in [0.15, 0.2) is 0 Å². The molecule has 13 heavy (non-hydrogen) atoms. The monoisotopic (exact) mass is 188 g/mol. The Morgan fingerprint density at radius 3 is 2.38 bits per heavy atom. The minimum absolute atomic E-state index is 0.0101. The minimum Gasteiger partial charge on any atom is -0.465 e. The van der Waals surface area contributed by atoms with Gasteiger partial charge >= 0.3 is 5.97 Å². The highest BCUT2D eigenvalue weighted by molar-refractivity contribution is 5.84. The Morgan fingerprint density at radius 1 is 1.46 bits per heavy atom. The van der Waals surface area contributed by atoms with Crippen molar-refractivity contribution in [2.45, 2.75) is 26.3 Å². The molecule has 0 aromatic rings. The standard InChI is InChI=1S/C8H16N2O3/c1-4-13-6(11)5-10-8(2,3)7(9)12/h10H,4-5H2,1-3H3,(H2,9,12). The van der Waals surface area contributed by atoms with Crippen molar-refractivity contribution in [3.05, 3.63) is 0 Å². The number of hydrogen-bond acceptors (Lipinski definition) is 4. The number of carbonyl (C=O) groups is 2. The van der Waals surface area contributed by atoms with E-state index in [1.165, 1.54) is 0 Å². The zero-order chi connectivity index (χ0) is 10.5. The Balaban J connectivity index is 3.88. The van der Waals surface area contributed by atoms with Crippen LogP contribution in [0.1, 0.15) is 20.8 Å². The van der Waals surface area contributed by atoms with Crippen LogP contribution >= 0.6 is 0 Å². The fourth-order valence-corrected chi connectivity index (χ4v) is 0.592.